The smallest absolute Gasteiger partial charge is 0.408 e. The third-order valence-corrected chi connectivity index (χ3v) is 6.57. The average molecular weight is 538 g/mol. The third kappa shape index (κ3) is 10.3. The predicted molar refractivity (Wildman–Crippen MR) is 146 cm³/mol. The van der Waals surface area contributed by atoms with E-state index < -0.39 is 41.6 Å². The number of nitrogens with one attached hydrogen (secondary N) is 2. The second-order valence-corrected chi connectivity index (χ2v) is 11.0. The topological polar surface area (TPSA) is 114 Å². The summed E-state index contributed by atoms with van der Waals surface area (Å²) in [6, 6.07) is 3.31. The van der Waals surface area contributed by atoms with Crippen LogP contribution in [0.4, 0.5) is 4.79 Å². The normalized spacial score (nSPS) is 13.6. The zero-order valence-corrected chi connectivity index (χ0v) is 24.4. The summed E-state index contributed by atoms with van der Waals surface area (Å²) < 4.78 is 10.1. The van der Waals surface area contributed by atoms with E-state index in [1.54, 1.807) is 32.5 Å². The first-order valence-electron chi connectivity index (χ1n) is 12.5. The van der Waals surface area contributed by atoms with Crippen LogP contribution in [-0.4, -0.2) is 72.1 Å². The minimum Gasteiger partial charge on any atom is -0.468 e. The molecule has 3 amide bonds. The van der Waals surface area contributed by atoms with Crippen molar-refractivity contribution in [2.24, 2.45) is 0 Å². The van der Waals surface area contributed by atoms with Crippen molar-refractivity contribution < 1.29 is 28.7 Å². The number of alkyl carbamates (subject to hydrolysis) is 1. The number of methoxy groups -OCH3 is 1. The molecule has 37 heavy (non-hydrogen) atoms. The van der Waals surface area contributed by atoms with Crippen molar-refractivity contribution >= 4 is 35.6 Å². The highest BCUT2D eigenvalue weighted by atomic mass is 32.2. The lowest BCUT2D eigenvalue weighted by molar-refractivity contribution is -0.146. The maximum absolute atomic E-state index is 14.1. The van der Waals surface area contributed by atoms with Gasteiger partial charge in [-0.1, -0.05) is 25.1 Å². The summed E-state index contributed by atoms with van der Waals surface area (Å²) in [5, 5.41) is 5.33. The van der Waals surface area contributed by atoms with E-state index in [9.17, 15) is 19.2 Å². The molecule has 1 aromatic carbocycles. The molecule has 0 radical (unpaired) electrons. The zero-order chi connectivity index (χ0) is 28.3. The number of hydrogen-bond acceptors (Lipinski definition) is 7. The van der Waals surface area contributed by atoms with Crippen LogP contribution >= 0.6 is 11.8 Å². The molecule has 0 aliphatic heterocycles. The highest BCUT2D eigenvalue weighted by Gasteiger charge is 2.38. The fourth-order valence-electron chi connectivity index (χ4n) is 3.62. The third-order valence-electron chi connectivity index (χ3n) is 5.93. The number of hydrogen-bond donors (Lipinski definition) is 2. The summed E-state index contributed by atoms with van der Waals surface area (Å²) in [6.45, 7) is 12.6. The van der Waals surface area contributed by atoms with Crippen LogP contribution in [0, 0.1) is 13.8 Å². The molecule has 0 bridgehead atoms. The van der Waals surface area contributed by atoms with Crippen molar-refractivity contribution in [1.29, 1.82) is 0 Å². The molecule has 0 aliphatic rings. The number of thioether (sulfide) groups is 1. The van der Waals surface area contributed by atoms with Crippen molar-refractivity contribution in [1.82, 2.24) is 15.5 Å². The Morgan fingerprint density at radius 3 is 2.27 bits per heavy atom. The van der Waals surface area contributed by atoms with E-state index >= 15 is 0 Å². The summed E-state index contributed by atoms with van der Waals surface area (Å²) in [6.07, 6.45) is 2.14. The van der Waals surface area contributed by atoms with Gasteiger partial charge in [-0.15, -0.1) is 0 Å². The molecule has 1 aromatic rings. The largest absolute Gasteiger partial charge is 0.468 e. The Balaban J connectivity index is 3.54. The molecule has 1 rings (SSSR count). The van der Waals surface area contributed by atoms with Gasteiger partial charge in [-0.05, 0) is 83.1 Å². The molecule has 0 fully saturated rings. The molecule has 0 aliphatic carbocycles. The van der Waals surface area contributed by atoms with Gasteiger partial charge in [-0.2, -0.15) is 11.8 Å². The van der Waals surface area contributed by atoms with Crippen LogP contribution in [-0.2, 0) is 23.9 Å². The van der Waals surface area contributed by atoms with Crippen LogP contribution in [0.25, 0.3) is 0 Å². The van der Waals surface area contributed by atoms with E-state index in [1.165, 1.54) is 12.0 Å². The first kappa shape index (κ1) is 32.3. The van der Waals surface area contributed by atoms with Crippen molar-refractivity contribution in [2.75, 3.05) is 25.7 Å². The lowest BCUT2D eigenvalue weighted by Crippen LogP contribution is -2.55. The van der Waals surface area contributed by atoms with Gasteiger partial charge in [-0.25, -0.2) is 4.79 Å². The summed E-state index contributed by atoms with van der Waals surface area (Å²) in [4.78, 5) is 53.5. The molecule has 3 atom stereocenters. The Morgan fingerprint density at radius 2 is 1.76 bits per heavy atom. The predicted octanol–water partition coefficient (Wildman–Crippen LogP) is 3.91. The molecule has 0 heterocycles. The number of benzene rings is 1. The number of aryl methyl sites for hydroxylation is 2. The molecule has 9 nitrogen and oxygen atoms in total. The molecule has 10 heteroatoms. The number of carbonyl (C=O) groups is 4. The molecule has 2 N–H and O–H groups in total. The van der Waals surface area contributed by atoms with Gasteiger partial charge in [0.15, 0.2) is 0 Å². The van der Waals surface area contributed by atoms with Crippen LogP contribution < -0.4 is 10.6 Å². The van der Waals surface area contributed by atoms with Crippen molar-refractivity contribution in [2.45, 2.75) is 85.0 Å². The highest BCUT2D eigenvalue weighted by Crippen LogP contribution is 2.28. The minimum absolute atomic E-state index is 0.328. The number of esters is 1. The lowest BCUT2D eigenvalue weighted by atomic mass is 9.96. The Bertz CT molecular complexity index is 947. The molecule has 3 unspecified atom stereocenters. The molecule has 0 saturated heterocycles. The van der Waals surface area contributed by atoms with Gasteiger partial charge >= 0.3 is 12.1 Å². The fraction of sp³-hybridized carbons (Fsp3) is 0.630. The van der Waals surface area contributed by atoms with Crippen LogP contribution in [0.2, 0.25) is 0 Å². The van der Waals surface area contributed by atoms with E-state index in [1.807, 2.05) is 52.1 Å². The van der Waals surface area contributed by atoms with Gasteiger partial charge in [0, 0.05) is 6.04 Å². The number of amides is 3. The SMILES string of the molecule is CCC(C)N(C(=O)C(CCSC)NC(=O)OC(C)(C)C)C(C(=O)NCC(=O)OC)c1ccc(C)c(C)c1. The second kappa shape index (κ2) is 14.9. The van der Waals surface area contributed by atoms with E-state index in [4.69, 9.17) is 4.74 Å². The van der Waals surface area contributed by atoms with Crippen molar-refractivity contribution in [3.05, 3.63) is 34.9 Å². The van der Waals surface area contributed by atoms with E-state index in [2.05, 4.69) is 15.4 Å². The molecule has 208 valence electrons. The highest BCUT2D eigenvalue weighted by molar-refractivity contribution is 7.98. The molecule has 0 spiro atoms. The zero-order valence-electron chi connectivity index (χ0n) is 23.6. The van der Waals surface area contributed by atoms with Crippen molar-refractivity contribution in [3.8, 4) is 0 Å². The Labute approximate surface area is 225 Å². The fourth-order valence-corrected chi connectivity index (χ4v) is 4.09. The Hall–Kier alpha value is -2.75. The quantitative estimate of drug-likeness (QED) is 0.389. The standard InChI is InChI=1S/C27H43N3O6S/c1-10-19(4)30(25(33)21(13-14-37-9)29-26(34)36-27(5,6)7)23(24(32)28-16-22(31)35-8)20-12-11-17(2)18(3)15-20/h11-12,15,19,21,23H,10,13-14,16H2,1-9H3,(H,28,32)(H,29,34). The van der Waals surface area contributed by atoms with Gasteiger partial charge in [0.05, 0.1) is 7.11 Å². The second-order valence-electron chi connectivity index (χ2n) is 10.0. The van der Waals surface area contributed by atoms with Crippen LogP contribution in [0.5, 0.6) is 0 Å². The van der Waals surface area contributed by atoms with Crippen LogP contribution in [0.15, 0.2) is 18.2 Å². The van der Waals surface area contributed by atoms with Gasteiger partial charge < -0.3 is 25.0 Å². The van der Waals surface area contributed by atoms with Crippen LogP contribution in [0.1, 0.15) is 70.2 Å². The number of carbonyl (C=O) groups excluding carboxylic acids is 4. The number of ether oxygens (including phenoxy) is 2. The Morgan fingerprint density at radius 1 is 1.11 bits per heavy atom. The van der Waals surface area contributed by atoms with Crippen molar-refractivity contribution in [3.63, 3.8) is 0 Å². The maximum atomic E-state index is 14.1. The molecular formula is C27H43N3O6S. The summed E-state index contributed by atoms with van der Waals surface area (Å²) in [5.74, 6) is -0.893. The summed E-state index contributed by atoms with van der Waals surface area (Å²) >= 11 is 1.55. The van der Waals surface area contributed by atoms with E-state index in [-0.39, 0.29) is 12.6 Å². The number of nitrogens with zero attached hydrogens (tertiary/aromatic N) is 1. The summed E-state index contributed by atoms with van der Waals surface area (Å²) in [5.41, 5.74) is 1.89. The van der Waals surface area contributed by atoms with Gasteiger partial charge in [-0.3, -0.25) is 14.4 Å². The monoisotopic (exact) mass is 537 g/mol. The van der Waals surface area contributed by atoms with Crippen LogP contribution in [0.3, 0.4) is 0 Å². The molecular weight excluding hydrogens is 494 g/mol. The van der Waals surface area contributed by atoms with E-state index in [0.717, 1.165) is 11.1 Å². The lowest BCUT2D eigenvalue weighted by Gasteiger charge is -2.38. The van der Waals surface area contributed by atoms with Gasteiger partial charge in [0.1, 0.15) is 24.2 Å². The summed E-state index contributed by atoms with van der Waals surface area (Å²) in [7, 11) is 1.24. The molecule has 0 aromatic heterocycles. The maximum Gasteiger partial charge on any atom is 0.408 e. The average Bonchev–Trinajstić information content (AvgIpc) is 2.83. The Kier molecular flexibility index (Phi) is 13.0. The first-order valence-corrected chi connectivity index (χ1v) is 13.9. The number of rotatable bonds is 12. The van der Waals surface area contributed by atoms with Gasteiger partial charge in [0.25, 0.3) is 0 Å². The minimum atomic E-state index is -1.02. The first-order chi connectivity index (χ1) is 17.2. The van der Waals surface area contributed by atoms with E-state index in [0.29, 0.717) is 24.2 Å². The molecule has 0 saturated carbocycles. The van der Waals surface area contributed by atoms with Gasteiger partial charge in [0.2, 0.25) is 11.8 Å².